The first-order valence-electron chi connectivity index (χ1n) is 5.92. The minimum atomic E-state index is 0.274. The highest BCUT2D eigenvalue weighted by Crippen LogP contribution is 2.30. The van der Waals surface area contributed by atoms with Crippen molar-refractivity contribution in [3.8, 4) is 0 Å². The number of hydrogen-bond acceptors (Lipinski definition) is 1. The van der Waals surface area contributed by atoms with E-state index in [1.807, 2.05) is 0 Å². The second kappa shape index (κ2) is 5.69. The zero-order valence-electron chi connectivity index (χ0n) is 10.4. The summed E-state index contributed by atoms with van der Waals surface area (Å²) in [5.41, 5.74) is 2.80. The van der Waals surface area contributed by atoms with E-state index >= 15 is 0 Å². The van der Waals surface area contributed by atoms with Gasteiger partial charge in [0.1, 0.15) is 0 Å². The maximum Gasteiger partial charge on any atom is 0.207 e. The van der Waals surface area contributed by atoms with Crippen LogP contribution in [-0.4, -0.2) is 6.41 Å². The number of benzene rings is 1. The fourth-order valence-electron chi connectivity index (χ4n) is 1.84. The third kappa shape index (κ3) is 2.84. The lowest BCUT2D eigenvalue weighted by Gasteiger charge is -2.27. The van der Waals surface area contributed by atoms with Crippen LogP contribution >= 0.6 is 0 Å². The Kier molecular flexibility index (Phi) is 4.53. The Bertz CT molecular complexity index is 325. The molecule has 0 radical (unpaired) electrons. The lowest BCUT2D eigenvalue weighted by atomic mass is 9.78. The van der Waals surface area contributed by atoms with E-state index in [1.54, 1.807) is 0 Å². The minimum absolute atomic E-state index is 0.274. The van der Waals surface area contributed by atoms with Gasteiger partial charge in [0.25, 0.3) is 0 Å². The van der Waals surface area contributed by atoms with Gasteiger partial charge in [-0.05, 0) is 29.4 Å². The monoisotopic (exact) mass is 219 g/mol. The molecule has 0 fully saturated rings. The molecule has 2 nitrogen and oxygen atoms in total. The van der Waals surface area contributed by atoms with Crippen LogP contribution in [0.1, 0.15) is 44.7 Å². The number of nitrogens with one attached hydrogen (secondary N) is 1. The van der Waals surface area contributed by atoms with E-state index in [0.717, 1.165) is 24.8 Å². The second-order valence-corrected chi connectivity index (χ2v) is 4.46. The van der Waals surface area contributed by atoms with Crippen molar-refractivity contribution in [3.05, 3.63) is 35.4 Å². The van der Waals surface area contributed by atoms with Gasteiger partial charge < -0.3 is 5.32 Å². The summed E-state index contributed by atoms with van der Waals surface area (Å²) < 4.78 is 0. The highest BCUT2D eigenvalue weighted by atomic mass is 16.1. The van der Waals surface area contributed by atoms with Crippen LogP contribution in [0.2, 0.25) is 0 Å². The zero-order chi connectivity index (χ0) is 12.0. The summed E-state index contributed by atoms with van der Waals surface area (Å²) in [5, 5.41) is 2.67. The molecule has 1 amide bonds. The summed E-state index contributed by atoms with van der Waals surface area (Å²) in [6, 6.07) is 8.54. The van der Waals surface area contributed by atoms with Crippen molar-refractivity contribution >= 4 is 6.41 Å². The molecule has 0 spiro atoms. The summed E-state index contributed by atoms with van der Waals surface area (Å²) in [4.78, 5) is 10.2. The smallest absolute Gasteiger partial charge is 0.207 e. The third-order valence-corrected chi connectivity index (χ3v) is 3.60. The van der Waals surface area contributed by atoms with Crippen LogP contribution in [-0.2, 0) is 16.8 Å². The SMILES string of the molecule is CCC(C)(CC)c1ccc(CNC=O)cc1. The van der Waals surface area contributed by atoms with Gasteiger partial charge >= 0.3 is 0 Å². The van der Waals surface area contributed by atoms with Crippen molar-refractivity contribution in [2.75, 3.05) is 0 Å². The molecule has 0 aromatic heterocycles. The topological polar surface area (TPSA) is 29.1 Å². The Morgan fingerprint density at radius 3 is 2.19 bits per heavy atom. The molecule has 0 atom stereocenters. The molecule has 0 saturated carbocycles. The van der Waals surface area contributed by atoms with Gasteiger partial charge in [0.05, 0.1) is 0 Å². The molecule has 1 rings (SSSR count). The van der Waals surface area contributed by atoms with E-state index in [-0.39, 0.29) is 5.41 Å². The molecule has 0 aliphatic carbocycles. The van der Waals surface area contributed by atoms with E-state index in [0.29, 0.717) is 6.54 Å². The fraction of sp³-hybridized carbons (Fsp3) is 0.500. The van der Waals surface area contributed by atoms with Crippen LogP contribution in [0.5, 0.6) is 0 Å². The van der Waals surface area contributed by atoms with Gasteiger partial charge in [0, 0.05) is 6.54 Å². The number of amides is 1. The van der Waals surface area contributed by atoms with E-state index in [1.165, 1.54) is 5.56 Å². The fourth-order valence-corrected chi connectivity index (χ4v) is 1.84. The van der Waals surface area contributed by atoms with Crippen molar-refractivity contribution in [2.45, 2.75) is 45.6 Å². The first kappa shape index (κ1) is 12.8. The molecule has 0 saturated heterocycles. The van der Waals surface area contributed by atoms with Crippen LogP contribution in [0, 0.1) is 0 Å². The lowest BCUT2D eigenvalue weighted by Crippen LogP contribution is -2.19. The first-order chi connectivity index (χ1) is 7.66. The second-order valence-electron chi connectivity index (χ2n) is 4.46. The highest BCUT2D eigenvalue weighted by Gasteiger charge is 2.21. The number of hydrogen-bond donors (Lipinski definition) is 1. The maximum absolute atomic E-state index is 10.2. The molecule has 1 aromatic carbocycles. The maximum atomic E-state index is 10.2. The molecule has 88 valence electrons. The zero-order valence-corrected chi connectivity index (χ0v) is 10.4. The summed E-state index contributed by atoms with van der Waals surface area (Å²) >= 11 is 0. The van der Waals surface area contributed by atoms with E-state index in [2.05, 4.69) is 50.4 Å². The molecule has 0 unspecified atom stereocenters. The third-order valence-electron chi connectivity index (χ3n) is 3.60. The van der Waals surface area contributed by atoms with Crippen LogP contribution in [0.3, 0.4) is 0 Å². The normalized spacial score (nSPS) is 11.2. The summed E-state index contributed by atoms with van der Waals surface area (Å²) in [5.74, 6) is 0. The van der Waals surface area contributed by atoms with Crippen LogP contribution < -0.4 is 5.32 Å². The molecule has 0 aliphatic rings. The van der Waals surface area contributed by atoms with E-state index < -0.39 is 0 Å². The quantitative estimate of drug-likeness (QED) is 0.732. The van der Waals surface area contributed by atoms with Gasteiger partial charge in [-0.25, -0.2) is 0 Å². The molecular weight excluding hydrogens is 198 g/mol. The van der Waals surface area contributed by atoms with Crippen molar-refractivity contribution in [3.63, 3.8) is 0 Å². The summed E-state index contributed by atoms with van der Waals surface area (Å²) in [6.07, 6.45) is 3.03. The van der Waals surface area contributed by atoms with Gasteiger partial charge in [-0.3, -0.25) is 4.79 Å². The average Bonchev–Trinajstić information content (AvgIpc) is 2.36. The Labute approximate surface area is 98.1 Å². The standard InChI is InChI=1S/C14H21NO/c1-4-14(3,5-2)13-8-6-12(7-9-13)10-15-11-16/h6-9,11H,4-5,10H2,1-3H3,(H,15,16). The van der Waals surface area contributed by atoms with Gasteiger partial charge in [-0.2, -0.15) is 0 Å². The predicted molar refractivity (Wildman–Crippen MR) is 67.3 cm³/mol. The molecule has 0 bridgehead atoms. The van der Waals surface area contributed by atoms with Crippen molar-refractivity contribution in [2.24, 2.45) is 0 Å². The Balaban J connectivity index is 2.81. The van der Waals surface area contributed by atoms with Crippen LogP contribution in [0.15, 0.2) is 24.3 Å². The molecule has 0 heterocycles. The van der Waals surface area contributed by atoms with Gasteiger partial charge in [0.15, 0.2) is 0 Å². The van der Waals surface area contributed by atoms with E-state index in [9.17, 15) is 4.79 Å². The molecule has 1 aromatic rings. The van der Waals surface area contributed by atoms with E-state index in [4.69, 9.17) is 0 Å². The van der Waals surface area contributed by atoms with Gasteiger partial charge in [-0.15, -0.1) is 0 Å². The molecule has 0 aliphatic heterocycles. The van der Waals surface area contributed by atoms with Crippen LogP contribution in [0.4, 0.5) is 0 Å². The average molecular weight is 219 g/mol. The molecule has 16 heavy (non-hydrogen) atoms. The van der Waals surface area contributed by atoms with Gasteiger partial charge in [-0.1, -0.05) is 45.0 Å². The molecule has 1 N–H and O–H groups in total. The number of rotatable bonds is 6. The Morgan fingerprint density at radius 1 is 1.19 bits per heavy atom. The van der Waals surface area contributed by atoms with Crippen molar-refractivity contribution in [1.82, 2.24) is 5.32 Å². The molecule has 2 heteroatoms. The van der Waals surface area contributed by atoms with Crippen molar-refractivity contribution < 1.29 is 4.79 Å². The number of carbonyl (C=O) groups is 1. The first-order valence-corrected chi connectivity index (χ1v) is 5.92. The Hall–Kier alpha value is -1.31. The predicted octanol–water partition coefficient (Wildman–Crippen LogP) is 3.01. The highest BCUT2D eigenvalue weighted by molar-refractivity contribution is 5.46. The summed E-state index contributed by atoms with van der Waals surface area (Å²) in [7, 11) is 0. The van der Waals surface area contributed by atoms with Crippen LogP contribution in [0.25, 0.3) is 0 Å². The minimum Gasteiger partial charge on any atom is -0.355 e. The molecular formula is C14H21NO. The summed E-state index contributed by atoms with van der Waals surface area (Å²) in [6.45, 7) is 7.36. The largest absolute Gasteiger partial charge is 0.355 e. The number of carbonyl (C=O) groups excluding carboxylic acids is 1. The Morgan fingerprint density at radius 2 is 1.75 bits per heavy atom. The lowest BCUT2D eigenvalue weighted by molar-refractivity contribution is -0.109. The van der Waals surface area contributed by atoms with Crippen molar-refractivity contribution in [1.29, 1.82) is 0 Å². The van der Waals surface area contributed by atoms with Gasteiger partial charge in [0.2, 0.25) is 6.41 Å².